The third-order valence-corrected chi connectivity index (χ3v) is 3.81. The summed E-state index contributed by atoms with van der Waals surface area (Å²) in [6, 6.07) is 10.2. The summed E-state index contributed by atoms with van der Waals surface area (Å²) < 4.78 is 19.5. The highest BCUT2D eigenvalue weighted by Gasteiger charge is 2.07. The quantitative estimate of drug-likeness (QED) is 0.673. The zero-order valence-corrected chi connectivity index (χ0v) is 14.0. The van der Waals surface area contributed by atoms with Gasteiger partial charge < -0.3 is 10.1 Å². The van der Waals surface area contributed by atoms with Crippen molar-refractivity contribution in [1.82, 2.24) is 5.32 Å². The predicted octanol–water partition coefficient (Wildman–Crippen LogP) is 5.53. The Bertz CT molecular complexity index is 621. The molecule has 0 aliphatic heterocycles. The zero-order chi connectivity index (χ0) is 15.2. The molecule has 0 saturated heterocycles. The van der Waals surface area contributed by atoms with Crippen LogP contribution in [0.25, 0.3) is 0 Å². The summed E-state index contributed by atoms with van der Waals surface area (Å²) in [7, 11) is 0. The van der Waals surface area contributed by atoms with Gasteiger partial charge in [0.2, 0.25) is 0 Å². The summed E-state index contributed by atoms with van der Waals surface area (Å²) in [5, 5.41) is 3.82. The molecule has 0 bridgehead atoms. The minimum absolute atomic E-state index is 0.371. The highest BCUT2D eigenvalue weighted by atomic mass is 79.9. The SMILES string of the molecule is CCCNCc1ccc(Oc2ccc(Br)c(F)c2)c(Cl)c1. The Kier molecular flexibility index (Phi) is 6.03. The molecule has 0 fully saturated rings. The fourth-order valence-electron chi connectivity index (χ4n) is 1.81. The van der Waals surface area contributed by atoms with E-state index in [1.54, 1.807) is 18.2 Å². The van der Waals surface area contributed by atoms with E-state index in [9.17, 15) is 4.39 Å². The Morgan fingerprint density at radius 3 is 2.71 bits per heavy atom. The number of nitrogens with one attached hydrogen (secondary N) is 1. The fraction of sp³-hybridized carbons (Fsp3) is 0.250. The zero-order valence-electron chi connectivity index (χ0n) is 11.6. The second-order valence-corrected chi connectivity index (χ2v) is 5.88. The molecular weight excluding hydrogens is 357 g/mol. The van der Waals surface area contributed by atoms with Crippen LogP contribution in [0.2, 0.25) is 5.02 Å². The average Bonchev–Trinajstić information content (AvgIpc) is 2.46. The van der Waals surface area contributed by atoms with E-state index in [4.69, 9.17) is 16.3 Å². The third kappa shape index (κ3) is 4.70. The molecule has 0 unspecified atom stereocenters. The van der Waals surface area contributed by atoms with Gasteiger partial charge in [-0.15, -0.1) is 0 Å². The normalized spacial score (nSPS) is 10.7. The maximum absolute atomic E-state index is 13.5. The summed E-state index contributed by atoms with van der Waals surface area (Å²) in [5.41, 5.74) is 1.09. The molecule has 1 N–H and O–H groups in total. The van der Waals surface area contributed by atoms with Crippen molar-refractivity contribution in [3.63, 3.8) is 0 Å². The summed E-state index contributed by atoms with van der Waals surface area (Å²) >= 11 is 9.31. The molecule has 0 aliphatic carbocycles. The molecule has 0 spiro atoms. The van der Waals surface area contributed by atoms with E-state index in [0.29, 0.717) is 21.0 Å². The molecule has 0 saturated carbocycles. The minimum Gasteiger partial charge on any atom is -0.456 e. The average molecular weight is 373 g/mol. The smallest absolute Gasteiger partial charge is 0.146 e. The number of hydrogen-bond acceptors (Lipinski definition) is 2. The predicted molar refractivity (Wildman–Crippen MR) is 87.6 cm³/mol. The lowest BCUT2D eigenvalue weighted by atomic mass is 10.2. The lowest BCUT2D eigenvalue weighted by molar-refractivity contribution is 0.476. The first-order valence-electron chi connectivity index (χ1n) is 6.72. The monoisotopic (exact) mass is 371 g/mol. The number of rotatable bonds is 6. The van der Waals surface area contributed by atoms with Crippen molar-refractivity contribution < 1.29 is 9.13 Å². The first kappa shape index (κ1) is 16.3. The first-order chi connectivity index (χ1) is 10.1. The molecule has 21 heavy (non-hydrogen) atoms. The molecule has 0 amide bonds. The van der Waals surface area contributed by atoms with E-state index >= 15 is 0 Å². The Balaban J connectivity index is 2.08. The van der Waals surface area contributed by atoms with E-state index in [1.165, 1.54) is 6.07 Å². The van der Waals surface area contributed by atoms with Gasteiger partial charge in [0.25, 0.3) is 0 Å². The maximum Gasteiger partial charge on any atom is 0.146 e. The molecule has 5 heteroatoms. The maximum atomic E-state index is 13.5. The standard InChI is InChI=1S/C16H16BrClFNO/c1-2-7-20-10-11-3-6-16(14(18)8-11)21-12-4-5-13(17)15(19)9-12/h3-6,8-9,20H,2,7,10H2,1H3. The van der Waals surface area contributed by atoms with Gasteiger partial charge in [-0.3, -0.25) is 0 Å². The van der Waals surface area contributed by atoms with Gasteiger partial charge in [-0.2, -0.15) is 0 Å². The molecule has 2 aromatic rings. The van der Waals surface area contributed by atoms with Crippen LogP contribution in [0, 0.1) is 5.82 Å². The second kappa shape index (κ2) is 7.78. The van der Waals surface area contributed by atoms with Crippen molar-refractivity contribution >= 4 is 27.5 Å². The van der Waals surface area contributed by atoms with Gasteiger partial charge in [-0.05, 0) is 58.7 Å². The van der Waals surface area contributed by atoms with Crippen molar-refractivity contribution in [2.24, 2.45) is 0 Å². The largest absolute Gasteiger partial charge is 0.456 e. The van der Waals surface area contributed by atoms with Crippen molar-refractivity contribution in [1.29, 1.82) is 0 Å². The summed E-state index contributed by atoms with van der Waals surface area (Å²) in [4.78, 5) is 0. The Hall–Kier alpha value is -1.10. The number of hydrogen-bond donors (Lipinski definition) is 1. The van der Waals surface area contributed by atoms with Crippen LogP contribution in [0.5, 0.6) is 11.5 Å². The van der Waals surface area contributed by atoms with Crippen LogP contribution in [-0.2, 0) is 6.54 Å². The molecule has 2 rings (SSSR count). The van der Waals surface area contributed by atoms with Gasteiger partial charge in [-0.1, -0.05) is 24.6 Å². The minimum atomic E-state index is -0.371. The Morgan fingerprint density at radius 1 is 1.24 bits per heavy atom. The highest BCUT2D eigenvalue weighted by Crippen LogP contribution is 2.31. The van der Waals surface area contributed by atoms with Crippen LogP contribution in [-0.4, -0.2) is 6.54 Å². The molecule has 112 valence electrons. The first-order valence-corrected chi connectivity index (χ1v) is 7.89. The van der Waals surface area contributed by atoms with E-state index in [2.05, 4.69) is 28.2 Å². The second-order valence-electron chi connectivity index (χ2n) is 4.62. The fourth-order valence-corrected chi connectivity index (χ4v) is 2.30. The van der Waals surface area contributed by atoms with Crippen LogP contribution in [0.3, 0.4) is 0 Å². The third-order valence-electron chi connectivity index (χ3n) is 2.87. The Morgan fingerprint density at radius 2 is 2.05 bits per heavy atom. The summed E-state index contributed by atoms with van der Waals surface area (Å²) in [6.07, 6.45) is 1.09. The van der Waals surface area contributed by atoms with Crippen LogP contribution in [0.4, 0.5) is 4.39 Å². The topological polar surface area (TPSA) is 21.3 Å². The van der Waals surface area contributed by atoms with Crippen molar-refractivity contribution in [3.8, 4) is 11.5 Å². The number of ether oxygens (including phenoxy) is 1. The molecule has 0 aliphatic rings. The van der Waals surface area contributed by atoms with Gasteiger partial charge >= 0.3 is 0 Å². The van der Waals surface area contributed by atoms with E-state index in [-0.39, 0.29) is 5.82 Å². The molecule has 2 aromatic carbocycles. The Labute approximate surface area is 137 Å². The lowest BCUT2D eigenvalue weighted by Crippen LogP contribution is -2.13. The van der Waals surface area contributed by atoms with Crippen LogP contribution >= 0.6 is 27.5 Å². The summed E-state index contributed by atoms with van der Waals surface area (Å²) in [6.45, 7) is 3.85. The highest BCUT2D eigenvalue weighted by molar-refractivity contribution is 9.10. The lowest BCUT2D eigenvalue weighted by Gasteiger charge is -2.10. The van der Waals surface area contributed by atoms with Gasteiger partial charge in [-0.25, -0.2) is 4.39 Å². The van der Waals surface area contributed by atoms with Crippen molar-refractivity contribution in [3.05, 3.63) is 57.3 Å². The van der Waals surface area contributed by atoms with Crippen molar-refractivity contribution in [2.75, 3.05) is 6.54 Å². The van der Waals surface area contributed by atoms with Gasteiger partial charge in [0, 0.05) is 12.6 Å². The van der Waals surface area contributed by atoms with Crippen LogP contribution in [0.15, 0.2) is 40.9 Å². The number of benzene rings is 2. The van der Waals surface area contributed by atoms with Crippen LogP contribution in [0.1, 0.15) is 18.9 Å². The van der Waals surface area contributed by atoms with Crippen molar-refractivity contribution in [2.45, 2.75) is 19.9 Å². The van der Waals surface area contributed by atoms with Crippen LogP contribution < -0.4 is 10.1 Å². The molecule has 0 aromatic heterocycles. The molecule has 0 radical (unpaired) electrons. The number of halogens is 3. The molecular formula is C16H16BrClFNO. The molecule has 0 heterocycles. The summed E-state index contributed by atoms with van der Waals surface area (Å²) in [5.74, 6) is 0.552. The molecule has 0 atom stereocenters. The van der Waals surface area contributed by atoms with Gasteiger partial charge in [0.1, 0.15) is 17.3 Å². The van der Waals surface area contributed by atoms with Gasteiger partial charge in [0.05, 0.1) is 9.50 Å². The van der Waals surface area contributed by atoms with Gasteiger partial charge in [0.15, 0.2) is 0 Å². The van der Waals surface area contributed by atoms with E-state index < -0.39 is 0 Å². The van der Waals surface area contributed by atoms with E-state index in [1.807, 2.05) is 12.1 Å². The van der Waals surface area contributed by atoms with E-state index in [0.717, 1.165) is 25.1 Å². The molecule has 2 nitrogen and oxygen atoms in total.